The van der Waals surface area contributed by atoms with E-state index >= 15 is 0 Å². The second kappa shape index (κ2) is 12.1. The first-order chi connectivity index (χ1) is 19.2. The van der Waals surface area contributed by atoms with Crippen molar-refractivity contribution >= 4 is 33.5 Å². The lowest BCUT2D eigenvalue weighted by molar-refractivity contribution is 0.0396. The molecule has 41 heavy (non-hydrogen) atoms. The fourth-order valence-corrected chi connectivity index (χ4v) is 6.20. The highest BCUT2D eigenvalue weighted by atomic mass is 35.5. The molecule has 2 heterocycles. The lowest BCUT2D eigenvalue weighted by atomic mass is 9.88. The summed E-state index contributed by atoms with van der Waals surface area (Å²) in [7, 11) is -4.15. The van der Waals surface area contributed by atoms with E-state index in [2.05, 4.69) is 47.3 Å². The van der Waals surface area contributed by atoms with Gasteiger partial charge in [-0.15, -0.1) is 0 Å². The number of amides is 1. The Labute approximate surface area is 247 Å². The van der Waals surface area contributed by atoms with Crippen LogP contribution >= 0.6 is 11.6 Å². The standard InChI is InChI=1S/C30H38ClN5O4S/c1-19(2)30(5,6)36-14-13-35(17-23(37)18-36)28(38)22-11-8-12-24(15-22)41(39,40)34-29-32-25(16-26(31)33-29)27-20(3)9-7-10-21(27)4/h7-12,15-16,19,23,37H,13-14,17-18H2,1-6H3,(H,32,33,34)/t23-/m0/s1. The molecule has 9 nitrogen and oxygen atoms in total. The van der Waals surface area contributed by atoms with Gasteiger partial charge in [0.15, 0.2) is 0 Å². The Morgan fingerprint density at radius 1 is 1.05 bits per heavy atom. The average molecular weight is 600 g/mol. The van der Waals surface area contributed by atoms with Gasteiger partial charge >= 0.3 is 0 Å². The molecular weight excluding hydrogens is 562 g/mol. The first kappa shape index (κ1) is 30.9. The maximum Gasteiger partial charge on any atom is 0.264 e. The number of anilines is 1. The van der Waals surface area contributed by atoms with Crippen molar-refractivity contribution in [2.75, 3.05) is 30.9 Å². The SMILES string of the molecule is Cc1cccc(C)c1-c1cc(Cl)nc(NS(=O)(=O)c2cccc(C(=O)N3CCN(C(C)(C)C(C)C)C[C@@H](O)C3)c2)n1. The van der Waals surface area contributed by atoms with Crippen LogP contribution in [0.25, 0.3) is 11.3 Å². The minimum absolute atomic E-state index is 0.0914. The van der Waals surface area contributed by atoms with Crippen molar-refractivity contribution in [3.8, 4) is 11.3 Å². The molecule has 2 N–H and O–H groups in total. The van der Waals surface area contributed by atoms with Gasteiger partial charge in [0.2, 0.25) is 5.95 Å². The first-order valence-electron chi connectivity index (χ1n) is 13.7. The Kier molecular flexibility index (Phi) is 9.08. The van der Waals surface area contributed by atoms with Crippen LogP contribution in [0, 0.1) is 19.8 Å². The summed E-state index contributed by atoms with van der Waals surface area (Å²) >= 11 is 6.25. The molecule has 1 atom stereocenters. The fraction of sp³-hybridized carbons (Fsp3) is 0.433. The Bertz CT molecular complexity index is 1520. The molecule has 1 saturated heterocycles. The van der Waals surface area contributed by atoms with Crippen LogP contribution in [0.1, 0.15) is 49.2 Å². The summed E-state index contributed by atoms with van der Waals surface area (Å²) < 4.78 is 29.1. The third-order valence-corrected chi connectivity index (χ3v) is 9.59. The molecule has 0 aliphatic carbocycles. The molecule has 0 saturated carbocycles. The number of halogens is 1. The maximum absolute atomic E-state index is 13.5. The summed E-state index contributed by atoms with van der Waals surface area (Å²) in [6, 6.07) is 13.2. The summed E-state index contributed by atoms with van der Waals surface area (Å²) in [5.41, 5.74) is 3.33. The van der Waals surface area contributed by atoms with Crippen LogP contribution in [0.3, 0.4) is 0 Å². The number of aromatic nitrogens is 2. The van der Waals surface area contributed by atoms with Crippen LogP contribution < -0.4 is 4.72 Å². The minimum atomic E-state index is -4.15. The fourth-order valence-electron chi connectivity index (χ4n) is 5.03. The van der Waals surface area contributed by atoms with E-state index < -0.39 is 16.1 Å². The van der Waals surface area contributed by atoms with E-state index in [9.17, 15) is 18.3 Å². The molecule has 3 aromatic rings. The number of carbonyl (C=O) groups excluding carboxylic acids is 1. The summed E-state index contributed by atoms with van der Waals surface area (Å²) in [6.45, 7) is 14.1. The van der Waals surface area contributed by atoms with Gasteiger partial charge in [0.05, 0.1) is 16.7 Å². The topological polar surface area (TPSA) is 116 Å². The second-order valence-electron chi connectivity index (χ2n) is 11.5. The number of aliphatic hydroxyl groups excluding tert-OH is 1. The smallest absolute Gasteiger partial charge is 0.264 e. The van der Waals surface area contributed by atoms with Gasteiger partial charge in [-0.1, -0.05) is 49.7 Å². The highest BCUT2D eigenvalue weighted by molar-refractivity contribution is 7.92. The number of aliphatic hydroxyl groups is 1. The van der Waals surface area contributed by atoms with E-state index in [1.165, 1.54) is 18.2 Å². The van der Waals surface area contributed by atoms with Crippen LogP contribution in [-0.2, 0) is 10.0 Å². The van der Waals surface area contributed by atoms with Gasteiger partial charge < -0.3 is 10.0 Å². The number of aryl methyl sites for hydroxylation is 2. The van der Waals surface area contributed by atoms with Crippen molar-refractivity contribution in [3.05, 3.63) is 70.4 Å². The van der Waals surface area contributed by atoms with Crippen molar-refractivity contribution in [2.45, 2.75) is 58.1 Å². The molecule has 220 valence electrons. The number of benzene rings is 2. The monoisotopic (exact) mass is 599 g/mol. The van der Waals surface area contributed by atoms with Crippen molar-refractivity contribution in [1.82, 2.24) is 19.8 Å². The molecule has 1 aliphatic heterocycles. The number of rotatable bonds is 7. The number of sulfonamides is 1. The molecule has 1 fully saturated rings. The van der Waals surface area contributed by atoms with Crippen molar-refractivity contribution in [3.63, 3.8) is 0 Å². The number of nitrogens with one attached hydrogen (secondary N) is 1. The number of hydrogen-bond donors (Lipinski definition) is 2. The number of nitrogens with zero attached hydrogens (tertiary/aromatic N) is 4. The lowest BCUT2D eigenvalue weighted by Crippen LogP contribution is -2.51. The molecule has 0 unspecified atom stereocenters. The van der Waals surface area contributed by atoms with Crippen LogP contribution in [0.4, 0.5) is 5.95 Å². The zero-order valence-corrected chi connectivity index (χ0v) is 25.9. The summed E-state index contributed by atoms with van der Waals surface area (Å²) in [4.78, 5) is 25.7. The molecule has 11 heteroatoms. The molecule has 0 radical (unpaired) electrons. The lowest BCUT2D eigenvalue weighted by Gasteiger charge is -2.41. The summed E-state index contributed by atoms with van der Waals surface area (Å²) in [5.74, 6) is -0.163. The Hall–Kier alpha value is -3.05. The van der Waals surface area contributed by atoms with E-state index in [-0.39, 0.29) is 39.6 Å². The normalized spacial score (nSPS) is 17.0. The van der Waals surface area contributed by atoms with Gasteiger partial charge in [-0.2, -0.15) is 0 Å². The predicted octanol–water partition coefficient (Wildman–Crippen LogP) is 4.77. The molecule has 0 bridgehead atoms. The minimum Gasteiger partial charge on any atom is -0.390 e. The van der Waals surface area contributed by atoms with Crippen LogP contribution in [0.5, 0.6) is 0 Å². The second-order valence-corrected chi connectivity index (χ2v) is 13.5. The molecule has 4 rings (SSSR count). The number of hydrogen-bond acceptors (Lipinski definition) is 7. The molecule has 1 amide bonds. The van der Waals surface area contributed by atoms with E-state index in [4.69, 9.17) is 11.6 Å². The summed E-state index contributed by atoms with van der Waals surface area (Å²) in [6.07, 6.45) is -0.723. The number of carbonyl (C=O) groups is 1. The van der Waals surface area contributed by atoms with Gasteiger partial charge in [0.1, 0.15) is 5.15 Å². The third-order valence-electron chi connectivity index (χ3n) is 8.07. The highest BCUT2D eigenvalue weighted by Gasteiger charge is 2.35. The van der Waals surface area contributed by atoms with Gasteiger partial charge in [-0.25, -0.2) is 23.1 Å². The van der Waals surface area contributed by atoms with E-state index in [1.54, 1.807) is 17.0 Å². The molecule has 2 aromatic carbocycles. The predicted molar refractivity (Wildman–Crippen MR) is 162 cm³/mol. The van der Waals surface area contributed by atoms with Crippen molar-refractivity contribution in [2.24, 2.45) is 5.92 Å². The third kappa shape index (κ3) is 6.89. The van der Waals surface area contributed by atoms with Crippen LogP contribution in [0.2, 0.25) is 5.15 Å². The maximum atomic E-state index is 13.5. The van der Waals surface area contributed by atoms with Crippen molar-refractivity contribution in [1.29, 1.82) is 0 Å². The Morgan fingerprint density at radius 3 is 2.37 bits per heavy atom. The largest absolute Gasteiger partial charge is 0.390 e. The zero-order chi connectivity index (χ0) is 30.1. The van der Waals surface area contributed by atoms with Gasteiger partial charge in [0, 0.05) is 48.9 Å². The zero-order valence-electron chi connectivity index (χ0n) is 24.3. The molecular formula is C30H38ClN5O4S. The van der Waals surface area contributed by atoms with E-state index in [0.29, 0.717) is 31.2 Å². The van der Waals surface area contributed by atoms with Crippen molar-refractivity contribution < 1.29 is 18.3 Å². The number of β-amino-alcohol motifs (C(OH)–C–C–N with tert-alkyl or cyclic N) is 1. The first-order valence-corrected chi connectivity index (χ1v) is 15.5. The average Bonchev–Trinajstić information content (AvgIpc) is 3.09. The molecule has 1 aromatic heterocycles. The van der Waals surface area contributed by atoms with E-state index in [1.807, 2.05) is 32.0 Å². The molecule has 0 spiro atoms. The van der Waals surface area contributed by atoms with Gasteiger partial charge in [-0.3, -0.25) is 9.69 Å². The quantitative estimate of drug-likeness (QED) is 0.376. The molecule has 1 aliphatic rings. The van der Waals surface area contributed by atoms with Crippen LogP contribution in [0.15, 0.2) is 53.4 Å². The Balaban J connectivity index is 1.57. The van der Waals surface area contributed by atoms with Crippen LogP contribution in [-0.4, -0.2) is 77.0 Å². The Morgan fingerprint density at radius 2 is 1.71 bits per heavy atom. The van der Waals surface area contributed by atoms with Gasteiger partial charge in [0.25, 0.3) is 15.9 Å². The van der Waals surface area contributed by atoms with Gasteiger partial charge in [-0.05, 0) is 62.9 Å². The summed E-state index contributed by atoms with van der Waals surface area (Å²) in [5, 5.41) is 10.8. The van der Waals surface area contributed by atoms with E-state index in [0.717, 1.165) is 16.7 Å². The highest BCUT2D eigenvalue weighted by Crippen LogP contribution is 2.29.